The number of piperidine rings is 1. The number of hydrogen-bond donors (Lipinski definition) is 1. The van der Waals surface area contributed by atoms with Crippen LogP contribution in [0, 0.1) is 5.82 Å². The first-order chi connectivity index (χ1) is 18.4. The lowest BCUT2D eigenvalue weighted by atomic mass is 9.85. The first kappa shape index (κ1) is 25.4. The van der Waals surface area contributed by atoms with Crippen LogP contribution in [0.15, 0.2) is 84.9 Å². The van der Waals surface area contributed by atoms with Gasteiger partial charge in [-0.2, -0.15) is 0 Å². The zero-order chi connectivity index (χ0) is 26.5. The van der Waals surface area contributed by atoms with Gasteiger partial charge in [0.2, 0.25) is 11.8 Å². The Morgan fingerprint density at radius 1 is 0.868 bits per heavy atom. The van der Waals surface area contributed by atoms with Crippen molar-refractivity contribution in [3.8, 4) is 0 Å². The molecule has 0 unspecified atom stereocenters. The third-order valence-corrected chi connectivity index (χ3v) is 7.46. The van der Waals surface area contributed by atoms with Crippen LogP contribution in [0.1, 0.15) is 24.8 Å². The van der Waals surface area contributed by atoms with Crippen LogP contribution in [-0.4, -0.2) is 59.4 Å². The second kappa shape index (κ2) is 11.0. The van der Waals surface area contributed by atoms with Gasteiger partial charge in [0.1, 0.15) is 17.9 Å². The summed E-state index contributed by atoms with van der Waals surface area (Å²) in [7, 11) is 0. The molecule has 2 aliphatic heterocycles. The molecule has 3 aromatic rings. The maximum Gasteiger partial charge on any atom is 0.250 e. The molecule has 2 fully saturated rings. The number of carbonyl (C=O) groups is 3. The van der Waals surface area contributed by atoms with Gasteiger partial charge in [-0.05, 0) is 61.2 Å². The second-order valence-electron chi connectivity index (χ2n) is 9.86. The number of anilines is 2. The monoisotopic (exact) mass is 514 g/mol. The lowest BCUT2D eigenvalue weighted by Crippen LogP contribution is -2.57. The van der Waals surface area contributed by atoms with Crippen LogP contribution in [0.2, 0.25) is 0 Å². The van der Waals surface area contributed by atoms with Crippen LogP contribution in [0.4, 0.5) is 15.8 Å². The lowest BCUT2D eigenvalue weighted by Gasteiger charge is -2.43. The zero-order valence-corrected chi connectivity index (χ0v) is 21.2. The Balaban J connectivity index is 1.27. The summed E-state index contributed by atoms with van der Waals surface area (Å²) in [5.74, 6) is -0.741. The van der Waals surface area contributed by atoms with E-state index in [4.69, 9.17) is 0 Å². The molecule has 2 heterocycles. The molecule has 1 spiro atoms. The van der Waals surface area contributed by atoms with Crippen LogP contribution in [0.3, 0.4) is 0 Å². The first-order valence-electron chi connectivity index (χ1n) is 12.9. The molecule has 8 heteroatoms. The Labute approximate surface area is 221 Å². The fraction of sp³-hybridized carbons (Fsp3) is 0.300. The van der Waals surface area contributed by atoms with Gasteiger partial charge in [-0.1, -0.05) is 48.5 Å². The van der Waals surface area contributed by atoms with Crippen molar-refractivity contribution in [1.29, 1.82) is 0 Å². The highest BCUT2D eigenvalue weighted by Gasteiger charge is 2.54. The van der Waals surface area contributed by atoms with Crippen LogP contribution >= 0.6 is 0 Å². The van der Waals surface area contributed by atoms with Gasteiger partial charge in [0.05, 0.1) is 6.67 Å². The SMILES string of the molecule is O=C(CN1CN(c2ccccc2)C2(CCN(C(=O)CCc3ccccc3)CC2)C1=O)Nc1ccc(F)cc1. The Kier molecular flexibility index (Phi) is 7.40. The quantitative estimate of drug-likeness (QED) is 0.516. The molecule has 0 radical (unpaired) electrons. The van der Waals surface area contributed by atoms with Gasteiger partial charge in [-0.25, -0.2) is 4.39 Å². The zero-order valence-electron chi connectivity index (χ0n) is 21.2. The minimum Gasteiger partial charge on any atom is -0.342 e. The third-order valence-electron chi connectivity index (χ3n) is 7.46. The number of rotatable bonds is 7. The number of para-hydroxylation sites is 1. The van der Waals surface area contributed by atoms with Gasteiger partial charge in [0.25, 0.3) is 5.91 Å². The van der Waals surface area contributed by atoms with Crippen molar-refractivity contribution < 1.29 is 18.8 Å². The standard InChI is InChI=1S/C30H31FN4O3/c31-24-12-14-25(15-13-24)32-27(36)21-34-22-35(26-9-5-2-6-10-26)30(29(34)38)17-19-33(20-18-30)28(37)16-11-23-7-3-1-4-8-23/h1-10,12-15H,11,16-22H2,(H,32,36). The molecule has 5 rings (SSSR count). The molecule has 0 aliphatic carbocycles. The fourth-order valence-corrected chi connectivity index (χ4v) is 5.41. The van der Waals surface area contributed by atoms with E-state index in [2.05, 4.69) is 10.2 Å². The largest absolute Gasteiger partial charge is 0.342 e. The lowest BCUT2D eigenvalue weighted by molar-refractivity contribution is -0.139. The van der Waals surface area contributed by atoms with E-state index in [0.717, 1.165) is 11.3 Å². The molecule has 3 aromatic carbocycles. The summed E-state index contributed by atoms with van der Waals surface area (Å²) in [6.45, 7) is 1.14. The van der Waals surface area contributed by atoms with Crippen LogP contribution in [0.25, 0.3) is 0 Å². The van der Waals surface area contributed by atoms with E-state index in [1.54, 1.807) is 4.90 Å². The summed E-state index contributed by atoms with van der Waals surface area (Å²) < 4.78 is 13.2. The number of amides is 3. The number of benzene rings is 3. The minimum absolute atomic E-state index is 0.0935. The summed E-state index contributed by atoms with van der Waals surface area (Å²) >= 11 is 0. The molecule has 2 aliphatic rings. The van der Waals surface area contributed by atoms with Crippen LogP contribution in [0.5, 0.6) is 0 Å². The topological polar surface area (TPSA) is 73.0 Å². The van der Waals surface area contributed by atoms with Crippen LogP contribution in [-0.2, 0) is 20.8 Å². The number of hydrogen-bond acceptors (Lipinski definition) is 4. The molecule has 0 aromatic heterocycles. The first-order valence-corrected chi connectivity index (χ1v) is 12.9. The van der Waals surface area contributed by atoms with E-state index in [-0.39, 0.29) is 36.8 Å². The van der Waals surface area contributed by atoms with E-state index in [9.17, 15) is 18.8 Å². The minimum atomic E-state index is -0.812. The number of nitrogens with one attached hydrogen (secondary N) is 1. The summed E-state index contributed by atoms with van der Waals surface area (Å²) in [6, 6.07) is 25.2. The molecule has 3 amide bonds. The highest BCUT2D eigenvalue weighted by atomic mass is 19.1. The number of halogens is 1. The number of carbonyl (C=O) groups excluding carboxylic acids is 3. The molecule has 0 bridgehead atoms. The maximum atomic E-state index is 13.8. The van der Waals surface area contributed by atoms with Crippen molar-refractivity contribution in [2.75, 3.05) is 36.5 Å². The molecule has 38 heavy (non-hydrogen) atoms. The Morgan fingerprint density at radius 2 is 1.50 bits per heavy atom. The molecule has 0 atom stereocenters. The predicted molar refractivity (Wildman–Crippen MR) is 144 cm³/mol. The van der Waals surface area contributed by atoms with Crippen molar-refractivity contribution >= 4 is 29.1 Å². The fourth-order valence-electron chi connectivity index (χ4n) is 5.41. The number of likely N-dealkylation sites (tertiary alicyclic amines) is 1. The summed E-state index contributed by atoms with van der Waals surface area (Å²) in [5, 5.41) is 2.74. The van der Waals surface area contributed by atoms with E-state index in [1.807, 2.05) is 65.6 Å². The Hall–Kier alpha value is -4.20. The smallest absolute Gasteiger partial charge is 0.250 e. The molecule has 0 saturated carbocycles. The van der Waals surface area contributed by atoms with Crippen molar-refractivity contribution in [2.45, 2.75) is 31.2 Å². The highest BCUT2D eigenvalue weighted by Crippen LogP contribution is 2.39. The highest BCUT2D eigenvalue weighted by molar-refractivity contribution is 5.99. The van der Waals surface area contributed by atoms with E-state index < -0.39 is 5.54 Å². The van der Waals surface area contributed by atoms with Gasteiger partial charge >= 0.3 is 0 Å². The molecular weight excluding hydrogens is 483 g/mol. The molecule has 2 saturated heterocycles. The summed E-state index contributed by atoms with van der Waals surface area (Å²) in [4.78, 5) is 45.1. The summed E-state index contributed by atoms with van der Waals surface area (Å²) in [6.07, 6.45) is 2.11. The van der Waals surface area contributed by atoms with Gasteiger partial charge in [-0.15, -0.1) is 0 Å². The number of nitrogens with zero attached hydrogens (tertiary/aromatic N) is 3. The van der Waals surface area contributed by atoms with Crippen LogP contribution < -0.4 is 10.2 Å². The average molecular weight is 515 g/mol. The van der Waals surface area contributed by atoms with Gasteiger partial charge in [-0.3, -0.25) is 14.4 Å². The predicted octanol–water partition coefficient (Wildman–Crippen LogP) is 4.06. The van der Waals surface area contributed by atoms with E-state index in [0.29, 0.717) is 44.5 Å². The Bertz CT molecular complexity index is 1280. The molecule has 1 N–H and O–H groups in total. The molecule has 7 nitrogen and oxygen atoms in total. The normalized spacial score (nSPS) is 16.7. The second-order valence-corrected chi connectivity index (χ2v) is 9.86. The number of aryl methyl sites for hydroxylation is 1. The maximum absolute atomic E-state index is 13.8. The molecule has 196 valence electrons. The van der Waals surface area contributed by atoms with Crippen molar-refractivity contribution in [3.63, 3.8) is 0 Å². The third kappa shape index (κ3) is 5.39. The summed E-state index contributed by atoms with van der Waals surface area (Å²) in [5.41, 5.74) is 1.70. The van der Waals surface area contributed by atoms with Gasteiger partial charge in [0.15, 0.2) is 0 Å². The van der Waals surface area contributed by atoms with E-state index >= 15 is 0 Å². The van der Waals surface area contributed by atoms with E-state index in [1.165, 1.54) is 24.3 Å². The molecular formula is C30H31FN4O3. The van der Waals surface area contributed by atoms with Gasteiger partial charge in [0, 0.05) is 30.9 Å². The van der Waals surface area contributed by atoms with Gasteiger partial charge < -0.3 is 20.0 Å². The average Bonchev–Trinajstić information content (AvgIpc) is 3.20. The van der Waals surface area contributed by atoms with Crippen molar-refractivity contribution in [3.05, 3.63) is 96.3 Å². The Morgan fingerprint density at radius 3 is 2.16 bits per heavy atom. The van der Waals surface area contributed by atoms with Crippen molar-refractivity contribution in [1.82, 2.24) is 9.80 Å². The van der Waals surface area contributed by atoms with Crippen molar-refractivity contribution in [2.24, 2.45) is 0 Å².